The van der Waals surface area contributed by atoms with Gasteiger partial charge >= 0.3 is 0 Å². The predicted molar refractivity (Wildman–Crippen MR) is 99.3 cm³/mol. The highest BCUT2D eigenvalue weighted by Gasteiger charge is 2.12. The van der Waals surface area contributed by atoms with Gasteiger partial charge in [0.15, 0.2) is 23.1 Å². The van der Waals surface area contributed by atoms with Crippen molar-refractivity contribution in [2.75, 3.05) is 41.0 Å². The van der Waals surface area contributed by atoms with E-state index >= 15 is 0 Å². The Morgan fingerprint density at radius 2 is 1.74 bits per heavy atom. The molecule has 27 heavy (non-hydrogen) atoms. The van der Waals surface area contributed by atoms with E-state index in [-0.39, 0.29) is 18.0 Å². The number of ether oxygens (including phenoxy) is 3. The van der Waals surface area contributed by atoms with Gasteiger partial charge in [-0.3, -0.25) is 10.1 Å². The molecule has 8 heteroatoms. The molecule has 2 rings (SSSR count). The average molecular weight is 378 g/mol. The fraction of sp³-hybridized carbons (Fsp3) is 0.368. The second kappa shape index (κ2) is 9.72. The Morgan fingerprint density at radius 3 is 2.37 bits per heavy atom. The number of nitro groups is 1. The molecule has 2 aromatic rings. The molecule has 146 valence electrons. The Balaban J connectivity index is 1.80. The maximum atomic E-state index is 13.8. The molecular weight excluding hydrogens is 355 g/mol. The maximum absolute atomic E-state index is 13.8. The third-order valence-electron chi connectivity index (χ3n) is 4.09. The number of nitro benzene ring substituents is 1. The van der Waals surface area contributed by atoms with Crippen molar-refractivity contribution >= 4 is 5.69 Å². The summed E-state index contributed by atoms with van der Waals surface area (Å²) in [6.45, 7) is 1.64. The van der Waals surface area contributed by atoms with Crippen LogP contribution in [0.4, 0.5) is 10.1 Å². The second-order valence-corrected chi connectivity index (χ2v) is 5.96. The van der Waals surface area contributed by atoms with E-state index in [4.69, 9.17) is 14.2 Å². The number of nitrogens with zero attached hydrogens (tertiary/aromatic N) is 2. The van der Waals surface area contributed by atoms with Crippen LogP contribution in [0.1, 0.15) is 5.56 Å². The lowest BCUT2D eigenvalue weighted by molar-refractivity contribution is -0.385. The van der Waals surface area contributed by atoms with Gasteiger partial charge in [-0.25, -0.2) is 4.39 Å². The van der Waals surface area contributed by atoms with E-state index < -0.39 is 10.7 Å². The highest BCUT2D eigenvalue weighted by atomic mass is 19.1. The molecular formula is C19H23FN2O5. The van der Waals surface area contributed by atoms with E-state index in [0.29, 0.717) is 18.0 Å². The first-order valence-electron chi connectivity index (χ1n) is 8.40. The molecule has 7 nitrogen and oxygen atoms in total. The molecule has 0 unspecified atom stereocenters. The number of hydrogen-bond donors (Lipinski definition) is 0. The van der Waals surface area contributed by atoms with Crippen molar-refractivity contribution in [1.82, 2.24) is 4.90 Å². The van der Waals surface area contributed by atoms with E-state index in [1.165, 1.54) is 12.1 Å². The number of likely N-dealkylation sites (N-methyl/N-ethyl adjacent to an activating group) is 1. The minimum atomic E-state index is -0.739. The van der Waals surface area contributed by atoms with E-state index in [1.807, 2.05) is 25.2 Å². The molecule has 0 heterocycles. The first-order chi connectivity index (χ1) is 12.9. The van der Waals surface area contributed by atoms with Crippen LogP contribution in [0, 0.1) is 15.9 Å². The molecule has 0 aliphatic carbocycles. The fourth-order valence-electron chi connectivity index (χ4n) is 2.50. The van der Waals surface area contributed by atoms with Gasteiger partial charge in [0.2, 0.25) is 0 Å². The van der Waals surface area contributed by atoms with Gasteiger partial charge in [-0.2, -0.15) is 0 Å². The van der Waals surface area contributed by atoms with Gasteiger partial charge in [0.25, 0.3) is 5.69 Å². The lowest BCUT2D eigenvalue weighted by atomic mass is 10.1. The number of non-ortho nitro benzene ring substituents is 1. The third kappa shape index (κ3) is 5.82. The van der Waals surface area contributed by atoms with Crippen molar-refractivity contribution in [2.45, 2.75) is 6.42 Å². The monoisotopic (exact) mass is 378 g/mol. The smallest absolute Gasteiger partial charge is 0.272 e. The van der Waals surface area contributed by atoms with Crippen LogP contribution in [0.3, 0.4) is 0 Å². The summed E-state index contributed by atoms with van der Waals surface area (Å²) in [6, 6.07) is 9.15. The van der Waals surface area contributed by atoms with Crippen LogP contribution in [0.25, 0.3) is 0 Å². The summed E-state index contributed by atoms with van der Waals surface area (Å²) in [5.41, 5.74) is 0.814. The third-order valence-corrected chi connectivity index (χ3v) is 4.09. The number of benzene rings is 2. The minimum Gasteiger partial charge on any atom is -0.493 e. The van der Waals surface area contributed by atoms with Crippen molar-refractivity contribution in [1.29, 1.82) is 0 Å². The van der Waals surface area contributed by atoms with Gasteiger partial charge in [-0.1, -0.05) is 6.07 Å². The van der Waals surface area contributed by atoms with Gasteiger partial charge < -0.3 is 19.1 Å². The summed E-state index contributed by atoms with van der Waals surface area (Å²) in [5.74, 6) is 0.647. The van der Waals surface area contributed by atoms with Gasteiger partial charge in [-0.15, -0.1) is 0 Å². The zero-order valence-corrected chi connectivity index (χ0v) is 15.6. The largest absolute Gasteiger partial charge is 0.493 e. The van der Waals surface area contributed by atoms with Crippen LogP contribution < -0.4 is 14.2 Å². The summed E-state index contributed by atoms with van der Waals surface area (Å²) in [4.78, 5) is 12.0. The zero-order chi connectivity index (χ0) is 19.8. The Hall–Kier alpha value is -2.87. The van der Waals surface area contributed by atoms with E-state index in [9.17, 15) is 14.5 Å². The zero-order valence-electron chi connectivity index (χ0n) is 15.6. The van der Waals surface area contributed by atoms with Crippen LogP contribution >= 0.6 is 0 Å². The fourth-order valence-corrected chi connectivity index (χ4v) is 2.50. The molecule has 0 fully saturated rings. The van der Waals surface area contributed by atoms with Crippen LogP contribution in [-0.2, 0) is 6.42 Å². The molecule has 0 saturated heterocycles. The van der Waals surface area contributed by atoms with Crippen LogP contribution in [0.5, 0.6) is 17.2 Å². The molecule has 0 spiro atoms. The molecule has 2 aromatic carbocycles. The molecule has 0 saturated carbocycles. The average Bonchev–Trinajstić information content (AvgIpc) is 2.67. The standard InChI is InChI=1S/C19H23FN2O5/c1-21(9-8-14-4-6-18(25-2)19(12-14)26-3)10-11-27-17-7-5-15(22(23)24)13-16(17)20/h4-7,12-13H,8-11H2,1-3H3. The molecule has 0 aromatic heterocycles. The van der Waals surface area contributed by atoms with E-state index in [0.717, 1.165) is 24.6 Å². The molecule has 0 bridgehead atoms. The molecule has 0 atom stereocenters. The quantitative estimate of drug-likeness (QED) is 0.466. The summed E-state index contributed by atoms with van der Waals surface area (Å²) in [6.07, 6.45) is 0.808. The van der Waals surface area contributed by atoms with Crippen molar-refractivity contribution < 1.29 is 23.5 Å². The van der Waals surface area contributed by atoms with E-state index in [1.54, 1.807) is 14.2 Å². The first-order valence-corrected chi connectivity index (χ1v) is 8.40. The van der Waals surface area contributed by atoms with Crippen molar-refractivity contribution in [3.05, 3.63) is 57.9 Å². The molecule has 0 aliphatic heterocycles. The topological polar surface area (TPSA) is 74.1 Å². The summed E-state index contributed by atoms with van der Waals surface area (Å²) in [7, 11) is 5.14. The normalized spacial score (nSPS) is 10.7. The number of halogens is 1. The maximum Gasteiger partial charge on any atom is 0.272 e. The highest BCUT2D eigenvalue weighted by Crippen LogP contribution is 2.27. The summed E-state index contributed by atoms with van der Waals surface area (Å²) < 4.78 is 29.7. The number of methoxy groups -OCH3 is 2. The van der Waals surface area contributed by atoms with Gasteiger partial charge in [0, 0.05) is 19.2 Å². The Kier molecular flexibility index (Phi) is 7.36. The Labute approximate surface area is 157 Å². The molecule has 0 aliphatic rings. The summed E-state index contributed by atoms with van der Waals surface area (Å²) >= 11 is 0. The molecule has 0 amide bonds. The van der Waals surface area contributed by atoms with Gasteiger partial charge in [0.1, 0.15) is 6.61 Å². The SMILES string of the molecule is COc1ccc(CCN(C)CCOc2ccc([N+](=O)[O-])cc2F)cc1OC. The lowest BCUT2D eigenvalue weighted by Crippen LogP contribution is -2.26. The second-order valence-electron chi connectivity index (χ2n) is 5.96. The highest BCUT2D eigenvalue weighted by molar-refractivity contribution is 5.43. The summed E-state index contributed by atoms with van der Waals surface area (Å²) in [5, 5.41) is 10.6. The minimum absolute atomic E-state index is 0.00823. The molecule has 0 radical (unpaired) electrons. The van der Waals surface area contributed by atoms with Crippen LogP contribution in [-0.4, -0.2) is 50.8 Å². The first kappa shape index (κ1) is 20.4. The van der Waals surface area contributed by atoms with Gasteiger partial charge in [-0.05, 0) is 37.2 Å². The van der Waals surface area contributed by atoms with Crippen molar-refractivity contribution in [3.63, 3.8) is 0 Å². The number of hydrogen-bond acceptors (Lipinski definition) is 6. The number of rotatable bonds is 10. The predicted octanol–water partition coefficient (Wildman–Crippen LogP) is 3.30. The van der Waals surface area contributed by atoms with Crippen LogP contribution in [0.15, 0.2) is 36.4 Å². The van der Waals surface area contributed by atoms with E-state index in [2.05, 4.69) is 4.90 Å². The Bertz CT molecular complexity index is 785. The van der Waals surface area contributed by atoms with Gasteiger partial charge in [0.05, 0.1) is 25.2 Å². The molecule has 0 N–H and O–H groups in total. The van der Waals surface area contributed by atoms with Crippen LogP contribution in [0.2, 0.25) is 0 Å². The van der Waals surface area contributed by atoms with Crippen molar-refractivity contribution in [2.24, 2.45) is 0 Å². The lowest BCUT2D eigenvalue weighted by Gasteiger charge is -2.17. The van der Waals surface area contributed by atoms with Crippen molar-refractivity contribution in [3.8, 4) is 17.2 Å². The Morgan fingerprint density at radius 1 is 1.04 bits per heavy atom.